The summed E-state index contributed by atoms with van der Waals surface area (Å²) in [6.07, 6.45) is 9.10. The molecule has 298 valence electrons. The lowest BCUT2D eigenvalue weighted by Gasteiger charge is -2.28. The molecule has 2 aromatic rings. The second-order valence-electron chi connectivity index (χ2n) is 15.3. The van der Waals surface area contributed by atoms with Gasteiger partial charge in [-0.2, -0.15) is 13.0 Å². The summed E-state index contributed by atoms with van der Waals surface area (Å²) in [7, 11) is -9.20. The fraction of sp³-hybridized carbons (Fsp3) is 0.475. The molecule has 1 amide bonds. The first-order chi connectivity index (χ1) is 25.7. The topological polar surface area (TPSA) is 204 Å². The van der Waals surface area contributed by atoms with Crippen molar-refractivity contribution >= 4 is 49.0 Å². The Morgan fingerprint density at radius 3 is 2.18 bits per heavy atom. The second-order valence-corrected chi connectivity index (χ2v) is 18.1. The van der Waals surface area contributed by atoms with E-state index in [4.69, 9.17) is 5.11 Å². The second kappa shape index (κ2) is 16.1. The van der Waals surface area contributed by atoms with Crippen LogP contribution in [0.5, 0.6) is 0 Å². The van der Waals surface area contributed by atoms with E-state index in [0.717, 1.165) is 31.4 Å². The van der Waals surface area contributed by atoms with Crippen LogP contribution in [-0.2, 0) is 40.7 Å². The number of nitrogens with one attached hydrogen (secondary N) is 1. The van der Waals surface area contributed by atoms with E-state index in [2.05, 4.69) is 5.32 Å². The van der Waals surface area contributed by atoms with E-state index in [-0.39, 0.29) is 39.2 Å². The third kappa shape index (κ3) is 8.50. The molecular formula is C40H51N3O10S2. The van der Waals surface area contributed by atoms with Crippen molar-refractivity contribution in [2.45, 2.75) is 107 Å². The number of hydrogen-bond acceptors (Lipinski definition) is 10. The lowest BCUT2D eigenvalue weighted by Crippen LogP contribution is -2.32. The largest absolute Gasteiger partial charge is 0.744 e. The number of rotatable bonds is 17. The number of benzene rings is 2. The molecule has 0 unspecified atom stereocenters. The molecule has 0 radical (unpaired) electrons. The van der Waals surface area contributed by atoms with Crippen LogP contribution in [0, 0.1) is 0 Å². The zero-order chi connectivity index (χ0) is 40.5. The lowest BCUT2D eigenvalue weighted by atomic mass is 9.77. The predicted molar refractivity (Wildman–Crippen MR) is 207 cm³/mol. The Morgan fingerprint density at radius 1 is 0.891 bits per heavy atom. The molecule has 0 aromatic heterocycles. The molecule has 0 bridgehead atoms. The molecule has 0 atom stereocenters. The zero-order valence-corrected chi connectivity index (χ0v) is 33.6. The number of amides is 1. The molecule has 0 saturated carbocycles. The molecule has 15 heteroatoms. The summed E-state index contributed by atoms with van der Waals surface area (Å²) in [5.74, 6) is -0.655. The van der Waals surface area contributed by atoms with Gasteiger partial charge < -0.3 is 25.0 Å². The van der Waals surface area contributed by atoms with E-state index in [1.165, 1.54) is 24.3 Å². The highest BCUT2D eigenvalue weighted by atomic mass is 32.2. The van der Waals surface area contributed by atoms with Gasteiger partial charge in [-0.15, -0.1) is 0 Å². The quantitative estimate of drug-likeness (QED) is 0.0684. The molecule has 4 N–H and O–H groups in total. The SMILES string of the molecule is CCN1C(=CC2=C(O)C(=CC3=[N+](CCCCCC(=O)NCCCCCCO)c4ccc(S(=O)(=O)[O-])cc4C3(C)C)C2=O)C(C)(C)c2cc(S(=O)(=O)O)ccc21. The van der Waals surface area contributed by atoms with Crippen molar-refractivity contribution in [3.8, 4) is 0 Å². The first-order valence-corrected chi connectivity index (χ1v) is 21.5. The fourth-order valence-electron chi connectivity index (χ4n) is 7.75. The van der Waals surface area contributed by atoms with E-state index >= 15 is 0 Å². The summed E-state index contributed by atoms with van der Waals surface area (Å²) >= 11 is 0. The highest BCUT2D eigenvalue weighted by Gasteiger charge is 2.47. The minimum absolute atomic E-state index is 0.0236. The Balaban J connectivity index is 1.42. The Morgan fingerprint density at radius 2 is 1.55 bits per heavy atom. The molecule has 3 aliphatic rings. The summed E-state index contributed by atoms with van der Waals surface area (Å²) < 4.78 is 71.5. The van der Waals surface area contributed by atoms with Crippen LogP contribution in [0.2, 0.25) is 0 Å². The van der Waals surface area contributed by atoms with Crippen LogP contribution in [0.4, 0.5) is 11.4 Å². The number of likely N-dealkylation sites (N-methyl/N-ethyl adjacent to an activating group) is 1. The molecule has 0 saturated heterocycles. The van der Waals surface area contributed by atoms with E-state index in [0.29, 0.717) is 73.5 Å². The standard InChI is InChI=1S/C40H51N3O10S2/c1-6-42-32-17-15-26(54(48,49)50)22-30(32)39(2,3)34(42)24-28-37(46)29(38(28)47)25-35-40(4,5)31-23-27(55(51,52)53)16-18-33(31)43(35)20-12-9-10-14-36(45)41-19-11-7-8-13-21-44/h15-18,22-25,44H,6-14,19-21H2,1-5H3,(H3-,41,45,46,47,48,49,50,51,52,53). The number of ketones is 1. The van der Waals surface area contributed by atoms with E-state index in [1.807, 2.05) is 44.1 Å². The van der Waals surface area contributed by atoms with Crippen LogP contribution >= 0.6 is 0 Å². The maximum Gasteiger partial charge on any atom is 0.294 e. The third-order valence-corrected chi connectivity index (χ3v) is 12.6. The van der Waals surface area contributed by atoms with Crippen LogP contribution in [0.15, 0.2) is 80.9 Å². The number of allylic oxidation sites excluding steroid dienone is 5. The molecule has 2 aliphatic heterocycles. The van der Waals surface area contributed by atoms with Crippen molar-refractivity contribution in [1.82, 2.24) is 5.32 Å². The zero-order valence-electron chi connectivity index (χ0n) is 32.0. The number of carbonyl (C=O) groups is 2. The Bertz CT molecular complexity index is 2230. The summed E-state index contributed by atoms with van der Waals surface area (Å²) in [4.78, 5) is 27.5. The third-order valence-electron chi connectivity index (χ3n) is 10.9. The monoisotopic (exact) mass is 797 g/mol. The van der Waals surface area contributed by atoms with Gasteiger partial charge in [-0.3, -0.25) is 14.1 Å². The normalized spacial score (nSPS) is 19.0. The van der Waals surface area contributed by atoms with Gasteiger partial charge in [-0.1, -0.05) is 26.7 Å². The molecule has 1 aliphatic carbocycles. The highest BCUT2D eigenvalue weighted by molar-refractivity contribution is 7.86. The molecule has 13 nitrogen and oxygen atoms in total. The number of aliphatic hydroxyl groups excluding tert-OH is 2. The van der Waals surface area contributed by atoms with Gasteiger partial charge >= 0.3 is 0 Å². The molecule has 0 spiro atoms. The number of anilines is 1. The Kier molecular flexibility index (Phi) is 12.3. The smallest absolute Gasteiger partial charge is 0.294 e. The molecule has 0 fully saturated rings. The summed E-state index contributed by atoms with van der Waals surface area (Å²) in [6, 6.07) is 8.57. The highest BCUT2D eigenvalue weighted by Crippen LogP contribution is 2.50. The van der Waals surface area contributed by atoms with Gasteiger partial charge in [0.25, 0.3) is 10.1 Å². The Hall–Kier alpha value is -4.15. The number of nitrogens with zero attached hydrogens (tertiary/aromatic N) is 2. The minimum atomic E-state index is -4.75. The van der Waals surface area contributed by atoms with Gasteiger partial charge in [0, 0.05) is 67.0 Å². The van der Waals surface area contributed by atoms with Crippen LogP contribution in [0.25, 0.3) is 0 Å². The van der Waals surface area contributed by atoms with E-state index in [9.17, 15) is 40.6 Å². The molecule has 55 heavy (non-hydrogen) atoms. The van der Waals surface area contributed by atoms with Crippen molar-refractivity contribution in [3.63, 3.8) is 0 Å². The number of unbranched alkanes of at least 4 members (excludes halogenated alkanes) is 5. The number of carbonyl (C=O) groups excluding carboxylic acids is 2. The van der Waals surface area contributed by atoms with Crippen LogP contribution in [-0.4, -0.2) is 84.4 Å². The Labute approximate surface area is 323 Å². The summed E-state index contributed by atoms with van der Waals surface area (Å²) in [6.45, 7) is 11.1. The molecule has 2 aromatic carbocycles. The average molecular weight is 798 g/mol. The molecular weight excluding hydrogens is 747 g/mol. The average Bonchev–Trinajstić information content (AvgIpc) is 3.46. The maximum absolute atomic E-state index is 13.8. The van der Waals surface area contributed by atoms with E-state index < -0.39 is 36.8 Å². The van der Waals surface area contributed by atoms with Gasteiger partial charge in [0.15, 0.2) is 5.71 Å². The van der Waals surface area contributed by atoms with Crippen LogP contribution in [0.3, 0.4) is 0 Å². The molecule has 5 rings (SSSR count). The van der Waals surface area contributed by atoms with Gasteiger partial charge in [0.2, 0.25) is 17.4 Å². The number of Topliss-reactive ketones (excluding diaryl/α,β-unsaturated/α-hetero) is 1. The van der Waals surface area contributed by atoms with Gasteiger partial charge in [0.05, 0.1) is 26.4 Å². The van der Waals surface area contributed by atoms with Crippen molar-refractivity contribution in [3.05, 3.63) is 82.3 Å². The summed E-state index contributed by atoms with van der Waals surface area (Å²) in [5.41, 5.74) is 2.40. The first kappa shape index (κ1) is 42.0. The van der Waals surface area contributed by atoms with Gasteiger partial charge in [-0.05, 0) is 88.4 Å². The van der Waals surface area contributed by atoms with Crippen molar-refractivity contribution in [1.29, 1.82) is 0 Å². The van der Waals surface area contributed by atoms with Gasteiger partial charge in [0.1, 0.15) is 22.4 Å². The van der Waals surface area contributed by atoms with Crippen molar-refractivity contribution < 1.29 is 50.3 Å². The minimum Gasteiger partial charge on any atom is -0.744 e. The van der Waals surface area contributed by atoms with Crippen LogP contribution < -0.4 is 10.2 Å². The maximum atomic E-state index is 13.8. The number of fused-ring (bicyclic) bond motifs is 2. The lowest BCUT2D eigenvalue weighted by molar-refractivity contribution is -0.438. The van der Waals surface area contributed by atoms with Crippen molar-refractivity contribution in [2.75, 3.05) is 31.1 Å². The van der Waals surface area contributed by atoms with Crippen LogP contribution in [0.1, 0.15) is 97.1 Å². The molecule has 2 heterocycles. The van der Waals surface area contributed by atoms with Crippen molar-refractivity contribution in [2.24, 2.45) is 0 Å². The summed E-state index contributed by atoms with van der Waals surface area (Å²) in [5, 5.41) is 23.2. The number of aliphatic hydroxyl groups is 2. The predicted octanol–water partition coefficient (Wildman–Crippen LogP) is 5.47. The fourth-order valence-corrected chi connectivity index (χ4v) is 8.75. The number of hydrogen-bond donors (Lipinski definition) is 4. The van der Waals surface area contributed by atoms with Gasteiger partial charge in [-0.25, -0.2) is 8.42 Å². The first-order valence-electron chi connectivity index (χ1n) is 18.7. The van der Waals surface area contributed by atoms with E-state index in [1.54, 1.807) is 24.3 Å².